The number of thioether (sulfide) groups is 1. The molecule has 0 spiro atoms. The molecule has 0 aromatic heterocycles. The Morgan fingerprint density at radius 3 is 2.55 bits per heavy atom. The van der Waals surface area contributed by atoms with Gasteiger partial charge in [-0.05, 0) is 48.0 Å². The Kier molecular flexibility index (Phi) is 7.41. The maximum atomic E-state index is 13.7. The summed E-state index contributed by atoms with van der Waals surface area (Å²) in [6.45, 7) is 0. The number of aliphatic imine (C=N–C) groups is 1. The van der Waals surface area contributed by atoms with Gasteiger partial charge in [-0.15, -0.1) is 0 Å². The van der Waals surface area contributed by atoms with Crippen molar-refractivity contribution in [1.29, 1.82) is 0 Å². The molecule has 5 rings (SSSR count). The molecule has 0 fully saturated rings. The van der Waals surface area contributed by atoms with Crippen LogP contribution in [0, 0.1) is 5.82 Å². The Morgan fingerprint density at radius 2 is 1.84 bits per heavy atom. The van der Waals surface area contributed by atoms with Crippen LogP contribution in [0.2, 0.25) is 0 Å². The molecule has 3 aromatic carbocycles. The van der Waals surface area contributed by atoms with Crippen molar-refractivity contribution in [3.05, 3.63) is 89.7 Å². The topological polar surface area (TPSA) is 92.6 Å². The smallest absolute Gasteiger partial charge is 0.262 e. The Labute approximate surface area is 223 Å². The third-order valence-electron chi connectivity index (χ3n) is 6.24. The van der Waals surface area contributed by atoms with Gasteiger partial charge in [0.05, 0.1) is 26.0 Å². The van der Waals surface area contributed by atoms with Crippen LogP contribution in [0.25, 0.3) is 0 Å². The number of carbonyl (C=O) groups is 2. The summed E-state index contributed by atoms with van der Waals surface area (Å²) in [5.74, 6) is 0.250. The highest BCUT2D eigenvalue weighted by Crippen LogP contribution is 2.40. The summed E-state index contributed by atoms with van der Waals surface area (Å²) < 4.78 is 24.7. The van der Waals surface area contributed by atoms with E-state index in [1.165, 1.54) is 23.9 Å². The molecule has 2 aliphatic rings. The Hall–Kier alpha value is -4.18. The van der Waals surface area contributed by atoms with Gasteiger partial charge in [-0.1, -0.05) is 42.1 Å². The van der Waals surface area contributed by atoms with Crippen LogP contribution < -0.4 is 14.8 Å². The number of hydrogen-bond donors (Lipinski definition) is 1. The van der Waals surface area contributed by atoms with Crippen molar-refractivity contribution in [2.45, 2.75) is 24.1 Å². The molecule has 0 unspecified atom stereocenters. The summed E-state index contributed by atoms with van der Waals surface area (Å²) in [6.07, 6.45) is 0.433. The molecule has 0 radical (unpaired) electrons. The third kappa shape index (κ3) is 5.40. The molecule has 10 heteroatoms. The van der Waals surface area contributed by atoms with Crippen molar-refractivity contribution in [3.8, 4) is 11.5 Å². The van der Waals surface area contributed by atoms with Crippen molar-refractivity contribution in [3.63, 3.8) is 0 Å². The van der Waals surface area contributed by atoms with Gasteiger partial charge in [-0.3, -0.25) is 9.59 Å². The number of nitrogens with one attached hydrogen (secondary N) is 1. The highest BCUT2D eigenvalue weighted by molar-refractivity contribution is 8.15. The first-order valence-corrected chi connectivity index (χ1v) is 12.8. The lowest BCUT2D eigenvalue weighted by Gasteiger charge is -2.23. The van der Waals surface area contributed by atoms with Crippen molar-refractivity contribution in [2.24, 2.45) is 10.1 Å². The summed E-state index contributed by atoms with van der Waals surface area (Å²) in [6, 6.07) is 20.3. The van der Waals surface area contributed by atoms with Gasteiger partial charge in [-0.2, -0.15) is 10.1 Å². The molecule has 8 nitrogen and oxygen atoms in total. The molecule has 0 aliphatic carbocycles. The van der Waals surface area contributed by atoms with E-state index >= 15 is 0 Å². The van der Waals surface area contributed by atoms with Crippen molar-refractivity contribution in [1.82, 2.24) is 5.01 Å². The first kappa shape index (κ1) is 25.5. The molecule has 3 aromatic rings. The van der Waals surface area contributed by atoms with Gasteiger partial charge in [0.15, 0.2) is 5.17 Å². The standard InChI is InChI=1S/C28H25FN4O4S/c1-36-20-12-13-24(37-2)21(14-20)22-15-23(17-8-10-18(29)11-9-17)33(32-22)28-31-27(35)25(38-28)16-26(34)30-19-6-4-3-5-7-19/h3-14,23,25H,15-16H2,1-2H3,(H,30,34)/t23-,25-/m0/s1. The second kappa shape index (κ2) is 11.1. The van der Waals surface area contributed by atoms with Gasteiger partial charge in [0.1, 0.15) is 22.6 Å². The number of rotatable bonds is 7. The Morgan fingerprint density at radius 1 is 1.08 bits per heavy atom. The lowest BCUT2D eigenvalue weighted by molar-refractivity contribution is -0.121. The minimum Gasteiger partial charge on any atom is -0.497 e. The summed E-state index contributed by atoms with van der Waals surface area (Å²) in [4.78, 5) is 29.7. The second-order valence-electron chi connectivity index (χ2n) is 8.69. The minimum atomic E-state index is -0.673. The molecule has 1 N–H and O–H groups in total. The molecule has 194 valence electrons. The van der Waals surface area contributed by atoms with Gasteiger partial charge in [0.2, 0.25) is 5.91 Å². The first-order valence-electron chi connectivity index (χ1n) is 11.9. The van der Waals surface area contributed by atoms with Crippen LogP contribution in [0.4, 0.5) is 10.1 Å². The molecule has 2 aliphatic heterocycles. The van der Waals surface area contributed by atoms with E-state index in [9.17, 15) is 14.0 Å². The average Bonchev–Trinajstić information content (AvgIpc) is 3.53. The maximum absolute atomic E-state index is 13.7. The second-order valence-corrected chi connectivity index (χ2v) is 9.86. The number of nitrogens with zero attached hydrogens (tertiary/aromatic N) is 3. The number of amides is 2. The van der Waals surface area contributed by atoms with Gasteiger partial charge in [0.25, 0.3) is 5.91 Å². The zero-order valence-electron chi connectivity index (χ0n) is 20.8. The highest BCUT2D eigenvalue weighted by Gasteiger charge is 2.39. The van der Waals surface area contributed by atoms with Crippen molar-refractivity contribution < 1.29 is 23.5 Å². The highest BCUT2D eigenvalue weighted by atomic mass is 32.2. The number of carbonyl (C=O) groups excluding carboxylic acids is 2. The van der Waals surface area contributed by atoms with E-state index in [1.807, 2.05) is 24.3 Å². The third-order valence-corrected chi connectivity index (χ3v) is 7.38. The number of methoxy groups -OCH3 is 2. The monoisotopic (exact) mass is 532 g/mol. The summed E-state index contributed by atoms with van der Waals surface area (Å²) in [5, 5.41) is 9.04. The summed E-state index contributed by atoms with van der Waals surface area (Å²) in [5.41, 5.74) is 2.92. The number of anilines is 1. The first-order chi connectivity index (χ1) is 18.4. The van der Waals surface area contributed by atoms with Crippen LogP contribution in [0.5, 0.6) is 11.5 Å². The number of amidine groups is 1. The number of hydrogen-bond acceptors (Lipinski definition) is 7. The number of para-hydroxylation sites is 1. The number of ether oxygens (including phenoxy) is 2. The van der Waals surface area contributed by atoms with E-state index in [2.05, 4.69) is 10.3 Å². The van der Waals surface area contributed by atoms with Gasteiger partial charge >= 0.3 is 0 Å². The van der Waals surface area contributed by atoms with E-state index in [-0.39, 0.29) is 24.2 Å². The molecule has 2 heterocycles. The molecular weight excluding hydrogens is 507 g/mol. The molecule has 2 amide bonds. The van der Waals surface area contributed by atoms with Gasteiger partial charge in [0, 0.05) is 24.1 Å². The quantitative estimate of drug-likeness (QED) is 0.459. The minimum absolute atomic E-state index is 0.0271. The number of halogens is 1. The van der Waals surface area contributed by atoms with E-state index in [0.717, 1.165) is 11.1 Å². The SMILES string of the molecule is COc1ccc(OC)c(C2=NN(C3=NC(=O)[C@H](CC(=O)Nc4ccccc4)S3)[C@H](c3ccc(F)cc3)C2)c1. The maximum Gasteiger partial charge on any atom is 0.262 e. The summed E-state index contributed by atoms with van der Waals surface area (Å²) >= 11 is 1.20. The van der Waals surface area contributed by atoms with E-state index in [0.29, 0.717) is 34.5 Å². The van der Waals surface area contributed by atoms with Crippen LogP contribution in [0.15, 0.2) is 82.9 Å². The fourth-order valence-corrected chi connectivity index (χ4v) is 5.40. The number of hydrazone groups is 1. The molecule has 0 saturated carbocycles. The molecule has 0 bridgehead atoms. The Balaban J connectivity index is 1.41. The van der Waals surface area contributed by atoms with Gasteiger partial charge in [-0.25, -0.2) is 9.40 Å². The fraction of sp³-hybridized carbons (Fsp3) is 0.214. The predicted molar refractivity (Wildman–Crippen MR) is 145 cm³/mol. The van der Waals surface area contributed by atoms with Crippen LogP contribution in [-0.2, 0) is 9.59 Å². The largest absolute Gasteiger partial charge is 0.497 e. The normalized spacial score (nSPS) is 18.7. The zero-order chi connectivity index (χ0) is 26.6. The number of benzene rings is 3. The molecule has 2 atom stereocenters. The fourth-order valence-electron chi connectivity index (χ4n) is 4.34. The lowest BCUT2D eigenvalue weighted by atomic mass is 9.98. The van der Waals surface area contributed by atoms with Crippen LogP contribution in [0.1, 0.15) is 30.0 Å². The van der Waals surface area contributed by atoms with Crippen LogP contribution in [-0.4, -0.2) is 47.2 Å². The van der Waals surface area contributed by atoms with E-state index < -0.39 is 11.2 Å². The molecular formula is C28H25FN4O4S. The summed E-state index contributed by atoms with van der Waals surface area (Å²) in [7, 11) is 3.16. The van der Waals surface area contributed by atoms with Gasteiger partial charge < -0.3 is 14.8 Å². The average molecular weight is 533 g/mol. The van der Waals surface area contributed by atoms with Crippen molar-refractivity contribution >= 4 is 40.1 Å². The molecule has 0 saturated heterocycles. The Bertz CT molecular complexity index is 1410. The predicted octanol–water partition coefficient (Wildman–Crippen LogP) is 5.02. The zero-order valence-corrected chi connectivity index (χ0v) is 21.6. The van der Waals surface area contributed by atoms with E-state index in [1.54, 1.807) is 55.6 Å². The molecule has 38 heavy (non-hydrogen) atoms. The van der Waals surface area contributed by atoms with Crippen LogP contribution in [0.3, 0.4) is 0 Å². The van der Waals surface area contributed by atoms with Crippen LogP contribution >= 0.6 is 11.8 Å². The van der Waals surface area contributed by atoms with Crippen molar-refractivity contribution in [2.75, 3.05) is 19.5 Å². The van der Waals surface area contributed by atoms with E-state index in [4.69, 9.17) is 14.6 Å². The lowest BCUT2D eigenvalue weighted by Crippen LogP contribution is -2.25.